The molecule has 1 N–H and O–H groups in total. The van der Waals surface area contributed by atoms with Crippen LogP contribution in [0, 0.1) is 6.92 Å². The molecular formula is C23H19N5O4. The van der Waals surface area contributed by atoms with Crippen molar-refractivity contribution in [3.05, 3.63) is 78.1 Å². The SMILES string of the molecule is Cc1ccn(-c2ccc(Oc3ccc(NC(=O)c4cccc5c4OCCO5)cc3)nn2)n1. The van der Waals surface area contributed by atoms with E-state index in [0.717, 1.165) is 5.69 Å². The Hall–Kier alpha value is -4.40. The molecule has 0 atom stereocenters. The van der Waals surface area contributed by atoms with Crippen molar-refractivity contribution in [3.63, 3.8) is 0 Å². The summed E-state index contributed by atoms with van der Waals surface area (Å²) in [6, 6.07) is 17.6. The van der Waals surface area contributed by atoms with Crippen LogP contribution in [0.2, 0.25) is 0 Å². The molecule has 160 valence electrons. The average Bonchev–Trinajstić information content (AvgIpc) is 3.26. The van der Waals surface area contributed by atoms with Crippen molar-refractivity contribution in [2.75, 3.05) is 18.5 Å². The monoisotopic (exact) mass is 429 g/mol. The molecule has 0 radical (unpaired) electrons. The van der Waals surface area contributed by atoms with Crippen LogP contribution in [0.4, 0.5) is 5.69 Å². The first-order chi connectivity index (χ1) is 15.7. The van der Waals surface area contributed by atoms with Gasteiger partial charge >= 0.3 is 0 Å². The van der Waals surface area contributed by atoms with Crippen molar-refractivity contribution in [1.29, 1.82) is 0 Å². The third kappa shape index (κ3) is 4.08. The number of anilines is 1. The van der Waals surface area contributed by atoms with Crippen LogP contribution in [0.1, 0.15) is 16.1 Å². The van der Waals surface area contributed by atoms with E-state index in [-0.39, 0.29) is 5.91 Å². The van der Waals surface area contributed by atoms with Gasteiger partial charge in [0.1, 0.15) is 19.0 Å². The third-order valence-corrected chi connectivity index (χ3v) is 4.73. The lowest BCUT2D eigenvalue weighted by molar-refractivity contribution is 0.101. The van der Waals surface area contributed by atoms with Crippen LogP contribution in [0.5, 0.6) is 23.1 Å². The summed E-state index contributed by atoms with van der Waals surface area (Å²) in [5.41, 5.74) is 1.93. The summed E-state index contributed by atoms with van der Waals surface area (Å²) in [6.07, 6.45) is 1.82. The molecule has 1 aliphatic rings. The van der Waals surface area contributed by atoms with E-state index in [1.54, 1.807) is 59.3 Å². The summed E-state index contributed by atoms with van der Waals surface area (Å²) in [5, 5.41) is 15.4. The molecule has 0 fully saturated rings. The minimum atomic E-state index is -0.281. The lowest BCUT2D eigenvalue weighted by Crippen LogP contribution is -2.20. The van der Waals surface area contributed by atoms with E-state index in [1.165, 1.54) is 0 Å². The molecule has 0 bridgehead atoms. The Morgan fingerprint density at radius 3 is 2.59 bits per heavy atom. The minimum Gasteiger partial charge on any atom is -0.486 e. The Balaban J connectivity index is 1.24. The zero-order chi connectivity index (χ0) is 21.9. The lowest BCUT2D eigenvalue weighted by Gasteiger charge is -2.20. The molecule has 5 rings (SSSR count). The number of para-hydroxylation sites is 1. The van der Waals surface area contributed by atoms with Crippen LogP contribution in [0.25, 0.3) is 5.82 Å². The molecule has 2 aromatic heterocycles. The Morgan fingerprint density at radius 1 is 1.00 bits per heavy atom. The molecule has 0 unspecified atom stereocenters. The predicted molar refractivity (Wildman–Crippen MR) is 116 cm³/mol. The molecule has 1 aliphatic heterocycles. The zero-order valence-electron chi connectivity index (χ0n) is 17.2. The maximum absolute atomic E-state index is 12.7. The number of aryl methyl sites for hydroxylation is 1. The predicted octanol–water partition coefficient (Wildman–Crippen LogP) is 3.79. The van der Waals surface area contributed by atoms with E-state index in [1.807, 2.05) is 19.2 Å². The van der Waals surface area contributed by atoms with Crippen LogP contribution in [0.3, 0.4) is 0 Å². The highest BCUT2D eigenvalue weighted by atomic mass is 16.6. The van der Waals surface area contributed by atoms with Gasteiger partial charge in [0.25, 0.3) is 5.91 Å². The van der Waals surface area contributed by atoms with Gasteiger partial charge in [-0.15, -0.1) is 10.2 Å². The first-order valence-electron chi connectivity index (χ1n) is 10.00. The Morgan fingerprint density at radius 2 is 1.84 bits per heavy atom. The first kappa shape index (κ1) is 19.6. The maximum Gasteiger partial charge on any atom is 0.259 e. The van der Waals surface area contributed by atoms with E-state index >= 15 is 0 Å². The van der Waals surface area contributed by atoms with Gasteiger partial charge in [-0.25, -0.2) is 4.68 Å². The van der Waals surface area contributed by atoms with Crippen molar-refractivity contribution in [1.82, 2.24) is 20.0 Å². The van der Waals surface area contributed by atoms with Gasteiger partial charge in [-0.05, 0) is 55.5 Å². The third-order valence-electron chi connectivity index (χ3n) is 4.73. The van der Waals surface area contributed by atoms with Gasteiger partial charge in [0.2, 0.25) is 5.88 Å². The molecule has 9 heteroatoms. The Kier molecular flexibility index (Phi) is 5.12. The van der Waals surface area contributed by atoms with Crippen LogP contribution < -0.4 is 19.5 Å². The highest BCUT2D eigenvalue weighted by Gasteiger charge is 2.20. The summed E-state index contributed by atoms with van der Waals surface area (Å²) >= 11 is 0. The van der Waals surface area contributed by atoms with Crippen LogP contribution in [-0.2, 0) is 0 Å². The number of nitrogens with zero attached hydrogens (tertiary/aromatic N) is 4. The van der Waals surface area contributed by atoms with Crippen molar-refractivity contribution in [2.24, 2.45) is 0 Å². The van der Waals surface area contributed by atoms with E-state index in [4.69, 9.17) is 14.2 Å². The molecule has 32 heavy (non-hydrogen) atoms. The number of hydrogen-bond acceptors (Lipinski definition) is 7. The van der Waals surface area contributed by atoms with E-state index in [9.17, 15) is 4.79 Å². The number of amides is 1. The van der Waals surface area contributed by atoms with Crippen molar-refractivity contribution < 1.29 is 19.0 Å². The van der Waals surface area contributed by atoms with Gasteiger partial charge in [-0.2, -0.15) is 5.10 Å². The van der Waals surface area contributed by atoms with Gasteiger partial charge in [0, 0.05) is 18.0 Å². The molecule has 0 aliphatic carbocycles. The van der Waals surface area contributed by atoms with Crippen molar-refractivity contribution in [2.45, 2.75) is 6.92 Å². The number of carbonyl (C=O) groups is 1. The standard InChI is InChI=1S/C23H19N5O4/c1-15-11-12-28(27-15)20-9-10-21(26-25-20)32-17-7-5-16(6-8-17)24-23(29)18-3-2-4-19-22(18)31-14-13-30-19/h2-12H,13-14H2,1H3,(H,24,29). The highest BCUT2D eigenvalue weighted by molar-refractivity contribution is 6.06. The molecule has 3 heterocycles. The smallest absolute Gasteiger partial charge is 0.259 e. The molecule has 2 aromatic carbocycles. The summed E-state index contributed by atoms with van der Waals surface area (Å²) < 4.78 is 18.5. The Labute approximate surface area is 183 Å². The number of fused-ring (bicyclic) bond motifs is 1. The Bertz CT molecular complexity index is 1250. The van der Waals surface area contributed by atoms with Crippen molar-refractivity contribution in [3.8, 4) is 28.9 Å². The number of benzene rings is 2. The molecule has 4 aromatic rings. The summed E-state index contributed by atoms with van der Waals surface area (Å²) in [6.45, 7) is 2.79. The van der Waals surface area contributed by atoms with Gasteiger partial charge in [-0.1, -0.05) is 6.07 Å². The lowest BCUT2D eigenvalue weighted by atomic mass is 10.1. The number of ether oxygens (including phenoxy) is 3. The number of nitrogens with one attached hydrogen (secondary N) is 1. The second kappa shape index (κ2) is 8.38. The number of carbonyl (C=O) groups excluding carboxylic acids is 1. The second-order valence-corrected chi connectivity index (χ2v) is 7.04. The fourth-order valence-corrected chi connectivity index (χ4v) is 3.21. The molecular weight excluding hydrogens is 410 g/mol. The van der Waals surface area contributed by atoms with Gasteiger partial charge < -0.3 is 19.5 Å². The fourth-order valence-electron chi connectivity index (χ4n) is 3.21. The quantitative estimate of drug-likeness (QED) is 0.515. The van der Waals surface area contributed by atoms with Gasteiger partial charge in [-0.3, -0.25) is 4.79 Å². The summed E-state index contributed by atoms with van der Waals surface area (Å²) in [5.74, 6) is 2.26. The first-order valence-corrected chi connectivity index (χ1v) is 10.00. The topological polar surface area (TPSA) is 100 Å². The summed E-state index contributed by atoms with van der Waals surface area (Å²) in [7, 11) is 0. The second-order valence-electron chi connectivity index (χ2n) is 7.04. The average molecular weight is 429 g/mol. The summed E-state index contributed by atoms with van der Waals surface area (Å²) in [4.78, 5) is 12.7. The molecule has 9 nitrogen and oxygen atoms in total. The van der Waals surface area contributed by atoms with Crippen LogP contribution in [0.15, 0.2) is 66.9 Å². The fraction of sp³-hybridized carbons (Fsp3) is 0.130. The molecule has 0 saturated carbocycles. The highest BCUT2D eigenvalue weighted by Crippen LogP contribution is 2.34. The molecule has 0 saturated heterocycles. The van der Waals surface area contributed by atoms with Crippen LogP contribution in [-0.4, -0.2) is 39.1 Å². The normalized spacial score (nSPS) is 12.3. The maximum atomic E-state index is 12.7. The van der Waals surface area contributed by atoms with E-state index in [0.29, 0.717) is 53.4 Å². The van der Waals surface area contributed by atoms with E-state index in [2.05, 4.69) is 20.6 Å². The van der Waals surface area contributed by atoms with Gasteiger partial charge in [0.05, 0.1) is 11.3 Å². The van der Waals surface area contributed by atoms with E-state index < -0.39 is 0 Å². The molecule has 1 amide bonds. The zero-order valence-corrected chi connectivity index (χ0v) is 17.2. The number of rotatable bonds is 5. The molecule has 0 spiro atoms. The number of hydrogen-bond donors (Lipinski definition) is 1. The van der Waals surface area contributed by atoms with Crippen LogP contribution >= 0.6 is 0 Å². The minimum absolute atomic E-state index is 0.281. The largest absolute Gasteiger partial charge is 0.486 e. The van der Waals surface area contributed by atoms with Gasteiger partial charge in [0.15, 0.2) is 17.3 Å². The number of aromatic nitrogens is 4. The van der Waals surface area contributed by atoms with Crippen molar-refractivity contribution >= 4 is 11.6 Å².